The number of amides is 2. The number of ether oxygens (including phenoxy) is 2. The Morgan fingerprint density at radius 3 is 2.48 bits per heavy atom. The Kier molecular flexibility index (Phi) is 6.29. The number of hydrogen-bond donors (Lipinski definition) is 2. The van der Waals surface area contributed by atoms with Crippen LogP contribution in [-0.4, -0.2) is 19.7 Å². The summed E-state index contributed by atoms with van der Waals surface area (Å²) in [6.07, 6.45) is 0.911. The fourth-order valence-electron chi connectivity index (χ4n) is 2.10. The zero-order valence-corrected chi connectivity index (χ0v) is 13.5. The van der Waals surface area contributed by atoms with Crippen LogP contribution in [0.4, 0.5) is 10.5 Å². The molecule has 2 aromatic rings. The van der Waals surface area contributed by atoms with Crippen LogP contribution >= 0.6 is 0 Å². The van der Waals surface area contributed by atoms with E-state index in [1.54, 1.807) is 7.11 Å². The standard InChI is InChI=1S/C18H22N2O3/c1-3-12-23-17-11-7-5-9-15(17)20-18(21)19-13-14-8-4-6-10-16(14)22-2/h4-11H,3,12-13H2,1-2H3,(H2,19,20,21). The summed E-state index contributed by atoms with van der Waals surface area (Å²) in [5, 5.41) is 5.63. The molecule has 122 valence electrons. The van der Waals surface area contributed by atoms with E-state index < -0.39 is 0 Å². The summed E-state index contributed by atoms with van der Waals surface area (Å²) in [4.78, 5) is 12.1. The molecule has 0 aromatic heterocycles. The van der Waals surface area contributed by atoms with Gasteiger partial charge in [-0.2, -0.15) is 0 Å². The highest BCUT2D eigenvalue weighted by Crippen LogP contribution is 2.24. The van der Waals surface area contributed by atoms with Crippen LogP contribution in [0.3, 0.4) is 0 Å². The van der Waals surface area contributed by atoms with Crippen molar-refractivity contribution in [1.82, 2.24) is 5.32 Å². The van der Waals surface area contributed by atoms with Crippen molar-refractivity contribution < 1.29 is 14.3 Å². The first-order chi connectivity index (χ1) is 11.2. The van der Waals surface area contributed by atoms with Gasteiger partial charge in [0.1, 0.15) is 11.5 Å². The molecule has 0 aliphatic rings. The Morgan fingerprint density at radius 1 is 1.04 bits per heavy atom. The molecular weight excluding hydrogens is 292 g/mol. The third kappa shape index (κ3) is 4.92. The van der Waals surface area contributed by atoms with Gasteiger partial charge in [0.15, 0.2) is 0 Å². The van der Waals surface area contributed by atoms with Crippen molar-refractivity contribution in [3.05, 3.63) is 54.1 Å². The van der Waals surface area contributed by atoms with Crippen LogP contribution in [0, 0.1) is 0 Å². The zero-order valence-electron chi connectivity index (χ0n) is 13.5. The highest BCUT2D eigenvalue weighted by atomic mass is 16.5. The van der Waals surface area contributed by atoms with Crippen LogP contribution in [0.25, 0.3) is 0 Å². The van der Waals surface area contributed by atoms with Gasteiger partial charge < -0.3 is 20.1 Å². The normalized spacial score (nSPS) is 10.0. The maximum Gasteiger partial charge on any atom is 0.319 e. The maximum atomic E-state index is 12.1. The monoisotopic (exact) mass is 314 g/mol. The van der Waals surface area contributed by atoms with Gasteiger partial charge in [-0.25, -0.2) is 4.79 Å². The van der Waals surface area contributed by atoms with Crippen molar-refractivity contribution in [1.29, 1.82) is 0 Å². The molecule has 0 unspecified atom stereocenters. The minimum Gasteiger partial charge on any atom is -0.496 e. The number of anilines is 1. The first kappa shape index (κ1) is 16.7. The van der Waals surface area contributed by atoms with Crippen molar-refractivity contribution >= 4 is 11.7 Å². The molecular formula is C18H22N2O3. The fraction of sp³-hybridized carbons (Fsp3) is 0.278. The van der Waals surface area contributed by atoms with E-state index in [9.17, 15) is 4.79 Å². The molecule has 0 atom stereocenters. The number of benzene rings is 2. The Balaban J connectivity index is 1.95. The van der Waals surface area contributed by atoms with E-state index in [2.05, 4.69) is 10.6 Å². The highest BCUT2D eigenvalue weighted by Gasteiger charge is 2.08. The van der Waals surface area contributed by atoms with Crippen LogP contribution in [0.5, 0.6) is 11.5 Å². The SMILES string of the molecule is CCCOc1ccccc1NC(=O)NCc1ccccc1OC. The minimum atomic E-state index is -0.288. The molecule has 2 amide bonds. The summed E-state index contributed by atoms with van der Waals surface area (Å²) in [7, 11) is 1.61. The van der Waals surface area contributed by atoms with Crippen molar-refractivity contribution in [2.75, 3.05) is 19.0 Å². The van der Waals surface area contributed by atoms with E-state index in [0.717, 1.165) is 17.7 Å². The molecule has 2 rings (SSSR count). The lowest BCUT2D eigenvalue weighted by molar-refractivity contribution is 0.251. The van der Waals surface area contributed by atoms with Gasteiger partial charge in [-0.1, -0.05) is 37.3 Å². The predicted molar refractivity (Wildman–Crippen MR) is 91.1 cm³/mol. The molecule has 0 saturated heterocycles. The lowest BCUT2D eigenvalue weighted by Gasteiger charge is -2.13. The molecule has 0 fully saturated rings. The Labute approximate surface area is 136 Å². The van der Waals surface area contributed by atoms with Crippen molar-refractivity contribution in [3.63, 3.8) is 0 Å². The second-order valence-corrected chi connectivity index (χ2v) is 4.96. The third-order valence-electron chi connectivity index (χ3n) is 3.23. The molecule has 0 spiro atoms. The van der Waals surface area contributed by atoms with E-state index in [1.807, 2.05) is 55.5 Å². The van der Waals surface area contributed by atoms with Gasteiger partial charge in [0, 0.05) is 12.1 Å². The van der Waals surface area contributed by atoms with Gasteiger partial charge in [0.2, 0.25) is 0 Å². The smallest absolute Gasteiger partial charge is 0.319 e. The van der Waals surface area contributed by atoms with E-state index in [0.29, 0.717) is 24.6 Å². The fourth-order valence-corrected chi connectivity index (χ4v) is 2.10. The van der Waals surface area contributed by atoms with Crippen LogP contribution in [-0.2, 0) is 6.54 Å². The number of methoxy groups -OCH3 is 1. The topological polar surface area (TPSA) is 59.6 Å². The lowest BCUT2D eigenvalue weighted by Crippen LogP contribution is -2.28. The Bertz CT molecular complexity index is 644. The van der Waals surface area contributed by atoms with Crippen molar-refractivity contribution in [2.45, 2.75) is 19.9 Å². The van der Waals surface area contributed by atoms with Gasteiger partial charge in [-0.3, -0.25) is 0 Å². The average Bonchev–Trinajstić information content (AvgIpc) is 2.59. The highest BCUT2D eigenvalue weighted by molar-refractivity contribution is 5.90. The molecule has 5 heteroatoms. The minimum absolute atomic E-state index is 0.288. The average molecular weight is 314 g/mol. The number of hydrogen-bond acceptors (Lipinski definition) is 3. The van der Waals surface area contributed by atoms with Crippen LogP contribution in [0.2, 0.25) is 0 Å². The summed E-state index contributed by atoms with van der Waals surface area (Å²) in [6.45, 7) is 3.03. The summed E-state index contributed by atoms with van der Waals surface area (Å²) in [5.41, 5.74) is 1.57. The summed E-state index contributed by atoms with van der Waals surface area (Å²) < 4.78 is 10.9. The molecule has 0 heterocycles. The number of nitrogens with one attached hydrogen (secondary N) is 2. The number of para-hydroxylation sites is 3. The van der Waals surface area contributed by atoms with Gasteiger partial charge in [-0.05, 0) is 24.6 Å². The second kappa shape index (κ2) is 8.68. The zero-order chi connectivity index (χ0) is 16.5. The van der Waals surface area contributed by atoms with E-state index in [4.69, 9.17) is 9.47 Å². The van der Waals surface area contributed by atoms with Crippen molar-refractivity contribution in [2.24, 2.45) is 0 Å². The van der Waals surface area contributed by atoms with E-state index in [-0.39, 0.29) is 6.03 Å². The third-order valence-corrected chi connectivity index (χ3v) is 3.23. The molecule has 0 aliphatic carbocycles. The lowest BCUT2D eigenvalue weighted by atomic mass is 10.2. The largest absolute Gasteiger partial charge is 0.496 e. The van der Waals surface area contributed by atoms with Crippen LogP contribution in [0.1, 0.15) is 18.9 Å². The van der Waals surface area contributed by atoms with Crippen molar-refractivity contribution in [3.8, 4) is 11.5 Å². The molecule has 2 N–H and O–H groups in total. The number of carbonyl (C=O) groups is 1. The molecule has 0 saturated carbocycles. The first-order valence-electron chi connectivity index (χ1n) is 7.63. The summed E-state index contributed by atoms with van der Waals surface area (Å²) >= 11 is 0. The first-order valence-corrected chi connectivity index (χ1v) is 7.63. The van der Waals surface area contributed by atoms with Gasteiger partial charge in [0.25, 0.3) is 0 Å². The molecule has 5 nitrogen and oxygen atoms in total. The van der Waals surface area contributed by atoms with Crippen LogP contribution < -0.4 is 20.1 Å². The number of rotatable bonds is 7. The Hall–Kier alpha value is -2.69. The molecule has 23 heavy (non-hydrogen) atoms. The maximum absolute atomic E-state index is 12.1. The number of carbonyl (C=O) groups excluding carboxylic acids is 1. The molecule has 0 bridgehead atoms. The van der Waals surface area contributed by atoms with Gasteiger partial charge in [-0.15, -0.1) is 0 Å². The quantitative estimate of drug-likeness (QED) is 0.817. The molecule has 0 radical (unpaired) electrons. The molecule has 2 aromatic carbocycles. The van der Waals surface area contributed by atoms with E-state index >= 15 is 0 Å². The van der Waals surface area contributed by atoms with Gasteiger partial charge in [0.05, 0.1) is 19.4 Å². The number of urea groups is 1. The van der Waals surface area contributed by atoms with E-state index in [1.165, 1.54) is 0 Å². The Morgan fingerprint density at radius 2 is 1.74 bits per heavy atom. The van der Waals surface area contributed by atoms with Gasteiger partial charge >= 0.3 is 6.03 Å². The molecule has 0 aliphatic heterocycles. The predicted octanol–water partition coefficient (Wildman–Crippen LogP) is 3.81. The second-order valence-electron chi connectivity index (χ2n) is 4.96. The summed E-state index contributed by atoms with van der Waals surface area (Å²) in [5.74, 6) is 1.42. The summed E-state index contributed by atoms with van der Waals surface area (Å²) in [6, 6.07) is 14.7. The van der Waals surface area contributed by atoms with Crippen LogP contribution in [0.15, 0.2) is 48.5 Å².